The molecule has 1 saturated heterocycles. The SMILES string of the molecule is COc1ccc(C(O[C@H]2[C@H](F)[C@H](n3cnc4c(NC(=O)c5ccccc5)ncnc43)O[C@@H]2COP(OCCC#N)N(C(C)C)C(C)C)(c2ccccc2)c2ccc(OC)cc2)cc1. The number of ether oxygens (including phenoxy) is 4. The number of carbonyl (C=O) groups is 1. The lowest BCUT2D eigenvalue weighted by Crippen LogP contribution is -2.44. The molecule has 4 aromatic carbocycles. The van der Waals surface area contributed by atoms with Gasteiger partial charge in [-0.05, 0) is 80.8 Å². The molecular formula is C47H51FN7O7P. The Kier molecular flexibility index (Phi) is 14.7. The minimum absolute atomic E-state index is 0.0147. The van der Waals surface area contributed by atoms with Crippen LogP contribution in [0.15, 0.2) is 122 Å². The maximum atomic E-state index is 18.0. The minimum atomic E-state index is -1.84. The fourth-order valence-electron chi connectivity index (χ4n) is 7.77. The first-order valence-corrected chi connectivity index (χ1v) is 21.8. The van der Waals surface area contributed by atoms with Gasteiger partial charge < -0.3 is 33.3 Å². The maximum absolute atomic E-state index is 18.0. The number of aromatic nitrogens is 4. The monoisotopic (exact) mass is 875 g/mol. The molecule has 16 heteroatoms. The van der Waals surface area contributed by atoms with Crippen LogP contribution in [-0.4, -0.2) is 88.0 Å². The van der Waals surface area contributed by atoms with Crippen molar-refractivity contribution >= 4 is 31.4 Å². The van der Waals surface area contributed by atoms with Crippen molar-refractivity contribution < 1.29 is 37.2 Å². The Morgan fingerprint density at radius 1 is 0.857 bits per heavy atom. The number of nitriles is 1. The van der Waals surface area contributed by atoms with Crippen molar-refractivity contribution in [3.05, 3.63) is 144 Å². The van der Waals surface area contributed by atoms with Gasteiger partial charge >= 0.3 is 0 Å². The Hall–Kier alpha value is -5.85. The molecule has 0 spiro atoms. The van der Waals surface area contributed by atoms with E-state index < -0.39 is 44.6 Å². The van der Waals surface area contributed by atoms with E-state index in [1.807, 2.05) is 113 Å². The van der Waals surface area contributed by atoms with Gasteiger partial charge in [-0.1, -0.05) is 72.8 Å². The number of imidazole rings is 1. The summed E-state index contributed by atoms with van der Waals surface area (Å²) >= 11 is 0. The van der Waals surface area contributed by atoms with E-state index in [2.05, 4.69) is 31.0 Å². The molecule has 6 aromatic rings. The van der Waals surface area contributed by atoms with Crippen LogP contribution in [0.1, 0.15) is 67.4 Å². The van der Waals surface area contributed by atoms with Crippen LogP contribution in [0, 0.1) is 11.3 Å². The fourth-order valence-corrected chi connectivity index (χ4v) is 9.39. The van der Waals surface area contributed by atoms with E-state index in [-0.39, 0.29) is 48.7 Å². The Labute approximate surface area is 367 Å². The van der Waals surface area contributed by atoms with E-state index in [9.17, 15) is 10.1 Å². The summed E-state index contributed by atoms with van der Waals surface area (Å²) in [6.45, 7) is 8.16. The molecule has 1 fully saturated rings. The Bertz CT molecular complexity index is 2400. The molecule has 3 heterocycles. The third-order valence-electron chi connectivity index (χ3n) is 10.7. The molecule has 0 aliphatic carbocycles. The van der Waals surface area contributed by atoms with Gasteiger partial charge in [0, 0.05) is 17.6 Å². The summed E-state index contributed by atoms with van der Waals surface area (Å²) in [6.07, 6.45) is -2.62. The van der Waals surface area contributed by atoms with Gasteiger partial charge in [-0.15, -0.1) is 0 Å². The van der Waals surface area contributed by atoms with E-state index in [1.54, 1.807) is 38.5 Å². The zero-order chi connectivity index (χ0) is 44.5. The van der Waals surface area contributed by atoms with E-state index >= 15 is 4.39 Å². The number of methoxy groups -OCH3 is 2. The third kappa shape index (κ3) is 9.72. The molecule has 1 N–H and O–H groups in total. The molecule has 0 radical (unpaired) electrons. The predicted octanol–water partition coefficient (Wildman–Crippen LogP) is 9.00. The van der Waals surface area contributed by atoms with Crippen LogP contribution in [-0.2, 0) is 24.1 Å². The minimum Gasteiger partial charge on any atom is -0.497 e. The molecule has 328 valence electrons. The summed E-state index contributed by atoms with van der Waals surface area (Å²) in [5, 5.41) is 12.2. The van der Waals surface area contributed by atoms with Crippen LogP contribution < -0.4 is 14.8 Å². The van der Waals surface area contributed by atoms with Gasteiger partial charge in [0.05, 0.1) is 46.3 Å². The first-order valence-electron chi connectivity index (χ1n) is 20.7. The molecule has 0 saturated carbocycles. The van der Waals surface area contributed by atoms with Crippen molar-refractivity contribution in [3.63, 3.8) is 0 Å². The van der Waals surface area contributed by atoms with E-state index in [0.717, 1.165) is 5.56 Å². The van der Waals surface area contributed by atoms with Crippen LogP contribution in [0.3, 0.4) is 0 Å². The smallest absolute Gasteiger partial charge is 0.259 e. The number of benzene rings is 4. The molecule has 5 atom stereocenters. The fraction of sp³-hybridized carbons (Fsp3) is 0.340. The maximum Gasteiger partial charge on any atom is 0.259 e. The lowest BCUT2D eigenvalue weighted by atomic mass is 9.79. The Balaban J connectivity index is 1.34. The first-order chi connectivity index (χ1) is 30.6. The molecular weight excluding hydrogens is 825 g/mol. The highest BCUT2D eigenvalue weighted by molar-refractivity contribution is 7.44. The average Bonchev–Trinajstić information content (AvgIpc) is 3.88. The highest BCUT2D eigenvalue weighted by Crippen LogP contribution is 2.50. The van der Waals surface area contributed by atoms with Gasteiger partial charge in [-0.2, -0.15) is 5.26 Å². The van der Waals surface area contributed by atoms with Gasteiger partial charge in [0.1, 0.15) is 35.6 Å². The number of nitrogens with zero attached hydrogens (tertiary/aromatic N) is 6. The number of rotatable bonds is 19. The second-order valence-corrected chi connectivity index (χ2v) is 16.8. The molecule has 14 nitrogen and oxygen atoms in total. The number of alkyl halides is 1. The van der Waals surface area contributed by atoms with Gasteiger partial charge in [-0.25, -0.2) is 24.0 Å². The predicted molar refractivity (Wildman–Crippen MR) is 237 cm³/mol. The Morgan fingerprint density at radius 2 is 1.44 bits per heavy atom. The lowest BCUT2D eigenvalue weighted by Gasteiger charge is -2.40. The molecule has 1 aliphatic heterocycles. The number of fused-ring (bicyclic) bond motifs is 1. The number of hydrogen-bond acceptors (Lipinski definition) is 12. The van der Waals surface area contributed by atoms with E-state index in [0.29, 0.717) is 28.2 Å². The summed E-state index contributed by atoms with van der Waals surface area (Å²) in [5.74, 6) is 1.02. The van der Waals surface area contributed by atoms with Crippen LogP contribution in [0.4, 0.5) is 10.2 Å². The van der Waals surface area contributed by atoms with Crippen LogP contribution in [0.25, 0.3) is 11.2 Å². The number of nitrogens with one attached hydrogen (secondary N) is 1. The lowest BCUT2D eigenvalue weighted by molar-refractivity contribution is -0.103. The number of amides is 1. The summed E-state index contributed by atoms with van der Waals surface area (Å²) in [6, 6.07) is 35.4. The van der Waals surface area contributed by atoms with Crippen molar-refractivity contribution in [1.29, 1.82) is 5.26 Å². The number of anilines is 1. The summed E-state index contributed by atoms with van der Waals surface area (Å²) in [7, 11) is 1.45. The molecule has 63 heavy (non-hydrogen) atoms. The second kappa shape index (κ2) is 20.6. The topological polar surface area (TPSA) is 155 Å². The van der Waals surface area contributed by atoms with E-state index in [4.69, 9.17) is 28.0 Å². The van der Waals surface area contributed by atoms with Crippen molar-refractivity contribution in [2.75, 3.05) is 32.8 Å². The largest absolute Gasteiger partial charge is 0.497 e. The highest BCUT2D eigenvalue weighted by atomic mass is 31.2. The van der Waals surface area contributed by atoms with Crippen LogP contribution in [0.2, 0.25) is 0 Å². The van der Waals surface area contributed by atoms with Crippen molar-refractivity contribution in [3.8, 4) is 17.6 Å². The molecule has 1 unspecified atom stereocenters. The molecule has 2 aromatic heterocycles. The number of carbonyl (C=O) groups excluding carboxylic acids is 1. The quantitative estimate of drug-likeness (QED) is 0.0469. The van der Waals surface area contributed by atoms with E-state index in [1.165, 1.54) is 17.2 Å². The van der Waals surface area contributed by atoms with Crippen molar-refractivity contribution in [2.45, 2.75) is 76.4 Å². The number of hydrogen-bond donors (Lipinski definition) is 1. The third-order valence-corrected chi connectivity index (χ3v) is 12.7. The zero-order valence-electron chi connectivity index (χ0n) is 36.0. The van der Waals surface area contributed by atoms with Crippen molar-refractivity contribution in [2.24, 2.45) is 0 Å². The Morgan fingerprint density at radius 3 is 2.02 bits per heavy atom. The molecule has 7 rings (SSSR count). The van der Waals surface area contributed by atoms with Crippen molar-refractivity contribution in [1.82, 2.24) is 24.2 Å². The highest BCUT2D eigenvalue weighted by Gasteiger charge is 2.53. The number of halogens is 1. The van der Waals surface area contributed by atoms with Gasteiger partial charge in [0.2, 0.25) is 0 Å². The summed E-state index contributed by atoms with van der Waals surface area (Å²) in [5.41, 5.74) is 1.59. The normalized spacial score (nSPS) is 18.2. The van der Waals surface area contributed by atoms with Crippen LogP contribution in [0.5, 0.6) is 11.5 Å². The standard InChI is InChI=1S/C47H51FN7O7P/c1-31(2)55(32(3)4)63(59-27-13-26-49)60-28-39-42(40(48)46(61-39)54-30-52-41-43(50-29-51-44(41)54)53-45(56)33-14-9-7-10-15-33)62-47(34-16-11-8-12-17-34,35-18-22-37(57-5)23-19-35)36-20-24-38(58-6)25-21-36/h7-12,14-25,29-32,39-40,42,46H,13,27-28H2,1-6H3,(H,50,51,53,56)/t39-,40+,42-,46-,63?/m1/s1. The van der Waals surface area contributed by atoms with Gasteiger partial charge in [-0.3, -0.25) is 9.36 Å². The molecule has 1 amide bonds. The molecule has 0 bridgehead atoms. The average molecular weight is 876 g/mol. The molecule has 1 aliphatic rings. The second-order valence-electron chi connectivity index (χ2n) is 15.3. The van der Waals surface area contributed by atoms with Crippen LogP contribution >= 0.6 is 8.53 Å². The zero-order valence-corrected chi connectivity index (χ0v) is 36.9. The summed E-state index contributed by atoms with van der Waals surface area (Å²) in [4.78, 5) is 26.5. The van der Waals surface area contributed by atoms with Gasteiger partial charge in [0.25, 0.3) is 14.4 Å². The van der Waals surface area contributed by atoms with Gasteiger partial charge in [0.15, 0.2) is 29.4 Å². The first kappa shape index (κ1) is 45.2. The summed E-state index contributed by atoms with van der Waals surface area (Å²) < 4.78 is 59.7.